The minimum Gasteiger partial charge on any atom is -0.481 e. The highest BCUT2D eigenvalue weighted by atomic mass is 35.5. The number of carboxylic acid groups (broad SMARTS) is 1. The molecule has 0 atom stereocenters. The van der Waals surface area contributed by atoms with Crippen molar-refractivity contribution in [2.45, 2.75) is 6.42 Å². The second kappa shape index (κ2) is 4.78. The lowest BCUT2D eigenvalue weighted by atomic mass is 10.2. The molecule has 0 radical (unpaired) electrons. The summed E-state index contributed by atoms with van der Waals surface area (Å²) in [5, 5.41) is 8.86. The van der Waals surface area contributed by atoms with Crippen LogP contribution in [0.3, 0.4) is 0 Å². The average molecular weight is 269 g/mol. The van der Waals surface area contributed by atoms with Crippen LogP contribution in [-0.2, 0) is 18.3 Å². The molecule has 94 valence electrons. The molecule has 18 heavy (non-hydrogen) atoms. The number of carbonyl (C=O) groups is 1. The van der Waals surface area contributed by atoms with E-state index in [-0.39, 0.29) is 11.6 Å². The van der Waals surface area contributed by atoms with Crippen LogP contribution in [0.15, 0.2) is 24.3 Å². The first-order valence-corrected chi connectivity index (χ1v) is 5.56. The maximum absolute atomic E-state index is 13.6. The number of nitrogens with zero attached hydrogens (tertiary/aromatic N) is 2. The predicted molar refractivity (Wildman–Crippen MR) is 65.0 cm³/mol. The Morgan fingerprint density at radius 1 is 1.50 bits per heavy atom. The molecular formula is C12H10ClFN2O2. The Bertz CT molecular complexity index is 610. The predicted octanol–water partition coefficient (Wildman–Crippen LogP) is 2.51. The average Bonchev–Trinajstić information content (AvgIpc) is 2.57. The maximum Gasteiger partial charge on any atom is 0.309 e. The van der Waals surface area contributed by atoms with Gasteiger partial charge in [-0.2, -0.15) is 0 Å². The van der Waals surface area contributed by atoms with Crippen LogP contribution in [0.5, 0.6) is 0 Å². The fourth-order valence-corrected chi connectivity index (χ4v) is 1.99. The lowest BCUT2D eigenvalue weighted by Gasteiger charge is -2.05. The highest BCUT2D eigenvalue weighted by Crippen LogP contribution is 2.26. The lowest BCUT2D eigenvalue weighted by molar-refractivity contribution is -0.136. The molecule has 0 bridgehead atoms. The van der Waals surface area contributed by atoms with Crippen molar-refractivity contribution in [2.75, 3.05) is 0 Å². The van der Waals surface area contributed by atoms with E-state index in [0.29, 0.717) is 17.1 Å². The number of imidazole rings is 1. The number of aromatic nitrogens is 2. The van der Waals surface area contributed by atoms with E-state index in [1.165, 1.54) is 10.6 Å². The summed E-state index contributed by atoms with van der Waals surface area (Å²) in [6, 6.07) is 6.13. The Hall–Kier alpha value is -1.88. The molecule has 0 aliphatic rings. The van der Waals surface area contributed by atoms with Crippen LogP contribution >= 0.6 is 11.6 Å². The Kier molecular flexibility index (Phi) is 3.34. The van der Waals surface area contributed by atoms with Gasteiger partial charge in [-0.05, 0) is 12.1 Å². The SMILES string of the molecule is Cn1c(-c2ccccc2F)nc(Cl)c1CC(=O)O. The van der Waals surface area contributed by atoms with E-state index in [4.69, 9.17) is 16.7 Å². The summed E-state index contributed by atoms with van der Waals surface area (Å²) in [5.41, 5.74) is 0.640. The van der Waals surface area contributed by atoms with Crippen molar-refractivity contribution in [1.82, 2.24) is 9.55 Å². The molecule has 1 heterocycles. The first-order chi connectivity index (χ1) is 8.50. The van der Waals surface area contributed by atoms with Crippen molar-refractivity contribution in [3.05, 3.63) is 40.9 Å². The highest BCUT2D eigenvalue weighted by Gasteiger charge is 2.18. The zero-order valence-electron chi connectivity index (χ0n) is 9.52. The van der Waals surface area contributed by atoms with Crippen LogP contribution in [0.25, 0.3) is 11.4 Å². The van der Waals surface area contributed by atoms with Gasteiger partial charge >= 0.3 is 5.97 Å². The molecule has 0 unspecified atom stereocenters. The Labute approximate surface area is 108 Å². The zero-order chi connectivity index (χ0) is 13.3. The van der Waals surface area contributed by atoms with Gasteiger partial charge in [-0.1, -0.05) is 23.7 Å². The summed E-state index contributed by atoms with van der Waals surface area (Å²) in [4.78, 5) is 14.7. The molecule has 1 aromatic heterocycles. The first-order valence-electron chi connectivity index (χ1n) is 5.18. The Balaban J connectivity index is 2.54. The molecule has 2 rings (SSSR count). The van der Waals surface area contributed by atoms with Crippen LogP contribution in [-0.4, -0.2) is 20.6 Å². The van der Waals surface area contributed by atoms with E-state index >= 15 is 0 Å². The molecule has 1 aromatic carbocycles. The number of rotatable bonds is 3. The van der Waals surface area contributed by atoms with Gasteiger partial charge in [0.25, 0.3) is 0 Å². The molecule has 2 aromatic rings. The number of carboxylic acids is 1. The van der Waals surface area contributed by atoms with E-state index in [2.05, 4.69) is 4.98 Å². The van der Waals surface area contributed by atoms with Gasteiger partial charge in [0.1, 0.15) is 11.6 Å². The van der Waals surface area contributed by atoms with Crippen molar-refractivity contribution < 1.29 is 14.3 Å². The first kappa shape index (κ1) is 12.6. The largest absolute Gasteiger partial charge is 0.481 e. The third kappa shape index (κ3) is 2.22. The maximum atomic E-state index is 13.6. The third-order valence-corrected chi connectivity index (χ3v) is 2.90. The molecule has 0 spiro atoms. The van der Waals surface area contributed by atoms with Gasteiger partial charge in [-0.15, -0.1) is 0 Å². The molecule has 6 heteroatoms. The Morgan fingerprint density at radius 3 is 2.78 bits per heavy atom. The summed E-state index contributed by atoms with van der Waals surface area (Å²) in [6.45, 7) is 0. The van der Waals surface area contributed by atoms with Gasteiger partial charge in [0, 0.05) is 7.05 Å². The Morgan fingerprint density at radius 2 is 2.17 bits per heavy atom. The van der Waals surface area contributed by atoms with Crippen LogP contribution < -0.4 is 0 Å². The number of hydrogen-bond donors (Lipinski definition) is 1. The summed E-state index contributed by atoms with van der Waals surface area (Å²) in [5.74, 6) is -1.13. The van der Waals surface area contributed by atoms with Crippen molar-refractivity contribution >= 4 is 17.6 Å². The van der Waals surface area contributed by atoms with Crippen LogP contribution in [0.2, 0.25) is 5.15 Å². The van der Waals surface area contributed by atoms with Gasteiger partial charge in [0.15, 0.2) is 5.15 Å². The molecule has 0 amide bonds. The normalized spacial score (nSPS) is 10.6. The van der Waals surface area contributed by atoms with Gasteiger partial charge < -0.3 is 9.67 Å². The van der Waals surface area contributed by atoms with Crippen LogP contribution in [0.4, 0.5) is 4.39 Å². The smallest absolute Gasteiger partial charge is 0.309 e. The quantitative estimate of drug-likeness (QED) is 0.931. The van der Waals surface area contributed by atoms with Crippen LogP contribution in [0, 0.1) is 5.82 Å². The van der Waals surface area contributed by atoms with E-state index in [9.17, 15) is 9.18 Å². The van der Waals surface area contributed by atoms with Crippen LogP contribution in [0.1, 0.15) is 5.69 Å². The summed E-state index contributed by atoms with van der Waals surface area (Å²) < 4.78 is 15.1. The standard InChI is InChI=1S/C12H10ClFN2O2/c1-16-9(6-10(17)18)11(13)15-12(16)7-4-2-3-5-8(7)14/h2-5H,6H2,1H3,(H,17,18). The minimum atomic E-state index is -1.01. The number of halogens is 2. The molecule has 0 fully saturated rings. The van der Waals surface area contributed by atoms with Crippen molar-refractivity contribution in [1.29, 1.82) is 0 Å². The molecule has 0 saturated heterocycles. The molecule has 4 nitrogen and oxygen atoms in total. The van der Waals surface area contributed by atoms with Gasteiger partial charge in [-0.25, -0.2) is 9.37 Å². The minimum absolute atomic E-state index is 0.0816. The van der Waals surface area contributed by atoms with Gasteiger partial charge in [0.2, 0.25) is 0 Å². The molecule has 0 saturated carbocycles. The lowest BCUT2D eigenvalue weighted by Crippen LogP contribution is -2.06. The van der Waals surface area contributed by atoms with E-state index < -0.39 is 11.8 Å². The number of benzene rings is 1. The monoisotopic (exact) mass is 268 g/mol. The summed E-state index contributed by atoms with van der Waals surface area (Å²) in [6.07, 6.45) is -0.253. The fourth-order valence-electron chi connectivity index (χ4n) is 1.72. The van der Waals surface area contributed by atoms with Crippen molar-refractivity contribution in [2.24, 2.45) is 7.05 Å². The zero-order valence-corrected chi connectivity index (χ0v) is 10.3. The van der Waals surface area contributed by atoms with Crippen molar-refractivity contribution in [3.8, 4) is 11.4 Å². The molecule has 0 aliphatic heterocycles. The fraction of sp³-hybridized carbons (Fsp3) is 0.167. The van der Waals surface area contributed by atoms with E-state index in [1.54, 1.807) is 25.2 Å². The molecule has 1 N–H and O–H groups in total. The molecule has 0 aliphatic carbocycles. The van der Waals surface area contributed by atoms with Crippen molar-refractivity contribution in [3.63, 3.8) is 0 Å². The van der Waals surface area contributed by atoms with E-state index in [0.717, 1.165) is 0 Å². The topological polar surface area (TPSA) is 55.1 Å². The summed E-state index contributed by atoms with van der Waals surface area (Å²) in [7, 11) is 1.61. The highest BCUT2D eigenvalue weighted by molar-refractivity contribution is 6.30. The second-order valence-corrected chi connectivity index (χ2v) is 4.14. The number of aliphatic carboxylic acids is 1. The third-order valence-electron chi connectivity index (χ3n) is 2.60. The van der Waals surface area contributed by atoms with Gasteiger partial charge in [-0.3, -0.25) is 4.79 Å². The molecular weight excluding hydrogens is 259 g/mol. The van der Waals surface area contributed by atoms with E-state index in [1.807, 2.05) is 0 Å². The second-order valence-electron chi connectivity index (χ2n) is 3.78. The summed E-state index contributed by atoms with van der Waals surface area (Å²) >= 11 is 5.88. The number of hydrogen-bond acceptors (Lipinski definition) is 2. The van der Waals surface area contributed by atoms with Gasteiger partial charge in [0.05, 0.1) is 17.7 Å².